The molecule has 5 nitrogen and oxygen atoms in total. The van der Waals surface area contributed by atoms with E-state index in [1.165, 1.54) is 4.90 Å². The first kappa shape index (κ1) is 16.0. The molecule has 5 heteroatoms. The van der Waals surface area contributed by atoms with Gasteiger partial charge in [-0.15, -0.1) is 0 Å². The van der Waals surface area contributed by atoms with Gasteiger partial charge in [0.1, 0.15) is 0 Å². The second kappa shape index (κ2) is 5.91. The highest BCUT2D eigenvalue weighted by molar-refractivity contribution is 6.23. The number of anilines is 1. The molecule has 0 aromatic heterocycles. The Morgan fingerprint density at radius 3 is 2.11 bits per heavy atom. The van der Waals surface area contributed by atoms with Crippen molar-refractivity contribution < 1.29 is 19.1 Å². The van der Waals surface area contributed by atoms with E-state index < -0.39 is 5.97 Å². The topological polar surface area (TPSA) is 63.7 Å². The Bertz CT molecular complexity index is 951. The molecule has 2 bridgehead atoms. The Labute approximate surface area is 156 Å². The van der Waals surface area contributed by atoms with E-state index in [1.54, 1.807) is 48.5 Å². The van der Waals surface area contributed by atoms with E-state index >= 15 is 0 Å². The number of hydrogen-bond donors (Lipinski definition) is 0. The van der Waals surface area contributed by atoms with E-state index in [1.807, 2.05) is 6.07 Å². The first-order chi connectivity index (χ1) is 13.1. The van der Waals surface area contributed by atoms with Gasteiger partial charge in [0.25, 0.3) is 0 Å². The molecular weight excluding hydrogens is 342 g/mol. The fraction of sp³-hybridized carbons (Fsp3) is 0.227. The number of imide groups is 1. The Balaban J connectivity index is 1.48. The summed E-state index contributed by atoms with van der Waals surface area (Å²) >= 11 is 0. The number of nitrogens with zero attached hydrogens (tertiary/aromatic N) is 1. The highest BCUT2D eigenvalue weighted by atomic mass is 16.5. The fourth-order valence-corrected chi connectivity index (χ4v) is 4.60. The zero-order valence-electron chi connectivity index (χ0n) is 14.4. The number of allylic oxidation sites excluding steroid dienone is 2. The van der Waals surface area contributed by atoms with Gasteiger partial charge in [-0.05, 0) is 42.5 Å². The second-order valence-corrected chi connectivity index (χ2v) is 7.24. The average Bonchev–Trinajstić information content (AvgIpc) is 3.37. The molecule has 27 heavy (non-hydrogen) atoms. The predicted octanol–water partition coefficient (Wildman–Crippen LogP) is 3.22. The minimum Gasteiger partial charge on any atom is -0.421 e. The summed E-state index contributed by atoms with van der Waals surface area (Å²) in [6.45, 7) is 0. The zero-order valence-corrected chi connectivity index (χ0v) is 14.4. The smallest absolute Gasteiger partial charge is 0.343 e. The van der Waals surface area contributed by atoms with Crippen LogP contribution in [0.2, 0.25) is 0 Å². The molecule has 0 N–H and O–H groups in total. The van der Waals surface area contributed by atoms with Crippen LogP contribution < -0.4 is 9.64 Å². The van der Waals surface area contributed by atoms with Crippen molar-refractivity contribution in [2.75, 3.05) is 4.90 Å². The summed E-state index contributed by atoms with van der Waals surface area (Å²) in [6, 6.07) is 15.3. The SMILES string of the molecule is O=C(Oc1ccccc1N1C(=O)[C@@H]2[C@H](C1=O)[C@H]1C=C[C@@H]2C1)c1ccccc1. The van der Waals surface area contributed by atoms with Crippen LogP contribution >= 0.6 is 0 Å². The maximum absolute atomic E-state index is 13.0. The first-order valence-corrected chi connectivity index (χ1v) is 9.07. The predicted molar refractivity (Wildman–Crippen MR) is 98.1 cm³/mol. The highest BCUT2D eigenvalue weighted by Crippen LogP contribution is 2.53. The number of benzene rings is 2. The largest absolute Gasteiger partial charge is 0.421 e. The molecule has 5 rings (SSSR count). The van der Waals surface area contributed by atoms with Crippen molar-refractivity contribution in [1.29, 1.82) is 0 Å². The first-order valence-electron chi connectivity index (χ1n) is 9.07. The summed E-state index contributed by atoms with van der Waals surface area (Å²) < 4.78 is 5.53. The van der Waals surface area contributed by atoms with Crippen molar-refractivity contribution in [2.24, 2.45) is 23.7 Å². The van der Waals surface area contributed by atoms with Gasteiger partial charge in [0.15, 0.2) is 5.75 Å². The molecule has 2 aliphatic carbocycles. The molecule has 2 aromatic rings. The zero-order chi connectivity index (χ0) is 18.5. The van der Waals surface area contributed by atoms with E-state index in [2.05, 4.69) is 12.2 Å². The molecule has 1 saturated heterocycles. The number of fused-ring (bicyclic) bond motifs is 5. The number of ether oxygens (including phenoxy) is 1. The Hall–Kier alpha value is -3.21. The van der Waals surface area contributed by atoms with Gasteiger partial charge < -0.3 is 4.74 Å². The van der Waals surface area contributed by atoms with Crippen molar-refractivity contribution >= 4 is 23.5 Å². The lowest BCUT2D eigenvalue weighted by molar-refractivity contribution is -0.123. The lowest BCUT2D eigenvalue weighted by Gasteiger charge is -2.20. The van der Waals surface area contributed by atoms with Crippen LogP contribution in [0.1, 0.15) is 16.8 Å². The van der Waals surface area contributed by atoms with Crippen LogP contribution in [0.15, 0.2) is 66.7 Å². The number of hydrogen-bond acceptors (Lipinski definition) is 4. The molecule has 134 valence electrons. The molecule has 2 fully saturated rings. The van der Waals surface area contributed by atoms with Crippen molar-refractivity contribution in [3.05, 3.63) is 72.3 Å². The van der Waals surface area contributed by atoms with Gasteiger partial charge in [0.2, 0.25) is 11.8 Å². The van der Waals surface area contributed by atoms with Gasteiger partial charge in [-0.3, -0.25) is 9.59 Å². The molecule has 1 heterocycles. The molecule has 0 radical (unpaired) electrons. The number of carbonyl (C=O) groups excluding carboxylic acids is 3. The maximum atomic E-state index is 13.0. The van der Waals surface area contributed by atoms with Crippen molar-refractivity contribution in [3.63, 3.8) is 0 Å². The maximum Gasteiger partial charge on any atom is 0.343 e. The highest BCUT2D eigenvalue weighted by Gasteiger charge is 2.59. The number of rotatable bonds is 3. The molecule has 1 saturated carbocycles. The summed E-state index contributed by atoms with van der Waals surface area (Å²) in [6.07, 6.45) is 5.00. The van der Waals surface area contributed by atoms with E-state index in [4.69, 9.17) is 4.74 Å². The lowest BCUT2D eigenvalue weighted by Crippen LogP contribution is -2.33. The van der Waals surface area contributed by atoms with Crippen LogP contribution in [0.5, 0.6) is 5.75 Å². The minimum atomic E-state index is -0.524. The third kappa shape index (κ3) is 2.35. The molecule has 2 aromatic carbocycles. The van der Waals surface area contributed by atoms with Crippen molar-refractivity contribution in [2.45, 2.75) is 6.42 Å². The monoisotopic (exact) mass is 359 g/mol. The molecular formula is C22H17NO4. The van der Waals surface area contributed by atoms with Crippen molar-refractivity contribution in [3.8, 4) is 5.75 Å². The van der Waals surface area contributed by atoms with Crippen LogP contribution in [-0.2, 0) is 9.59 Å². The van der Waals surface area contributed by atoms with E-state index in [0.29, 0.717) is 11.3 Å². The van der Waals surface area contributed by atoms with Gasteiger partial charge >= 0.3 is 5.97 Å². The Morgan fingerprint density at radius 1 is 0.852 bits per heavy atom. The number of esters is 1. The summed E-state index contributed by atoms with van der Waals surface area (Å²) in [5.74, 6) is -0.982. The Kier molecular flexibility index (Phi) is 3.50. The van der Waals surface area contributed by atoms with Crippen LogP contribution in [0.4, 0.5) is 5.69 Å². The van der Waals surface area contributed by atoms with Crippen LogP contribution in [-0.4, -0.2) is 17.8 Å². The molecule has 0 unspecified atom stereocenters. The van der Waals surface area contributed by atoms with Crippen LogP contribution in [0.3, 0.4) is 0 Å². The van der Waals surface area contributed by atoms with E-state index in [0.717, 1.165) is 6.42 Å². The molecule has 2 amide bonds. The number of carbonyl (C=O) groups is 3. The molecule has 0 spiro atoms. The number of para-hydroxylation sites is 2. The average molecular weight is 359 g/mol. The van der Waals surface area contributed by atoms with Crippen molar-refractivity contribution in [1.82, 2.24) is 0 Å². The number of amides is 2. The molecule has 1 aliphatic heterocycles. The molecule has 3 aliphatic rings. The van der Waals surface area contributed by atoms with Crippen LogP contribution in [0.25, 0.3) is 0 Å². The van der Waals surface area contributed by atoms with Gasteiger partial charge in [-0.1, -0.05) is 42.5 Å². The molecule has 4 atom stereocenters. The summed E-state index contributed by atoms with van der Waals surface area (Å²) in [5, 5.41) is 0. The van der Waals surface area contributed by atoms with Gasteiger partial charge in [0.05, 0.1) is 23.1 Å². The standard InChI is InChI=1S/C22H17NO4/c24-20-18-14-10-11-15(12-14)19(18)21(25)23(20)16-8-4-5-9-17(16)27-22(26)13-6-2-1-3-7-13/h1-11,14-15,18-19H,12H2/t14-,15+,18+,19-. The fourth-order valence-electron chi connectivity index (χ4n) is 4.60. The van der Waals surface area contributed by atoms with Gasteiger partial charge in [-0.25, -0.2) is 9.69 Å². The third-order valence-corrected chi connectivity index (χ3v) is 5.79. The van der Waals surface area contributed by atoms with Gasteiger partial charge in [0, 0.05) is 0 Å². The Morgan fingerprint density at radius 2 is 1.44 bits per heavy atom. The van der Waals surface area contributed by atoms with Crippen LogP contribution in [0, 0.1) is 23.7 Å². The normalized spacial score (nSPS) is 27.9. The van der Waals surface area contributed by atoms with Gasteiger partial charge in [-0.2, -0.15) is 0 Å². The lowest BCUT2D eigenvalue weighted by atomic mass is 9.85. The second-order valence-electron chi connectivity index (χ2n) is 7.24. The minimum absolute atomic E-state index is 0.139. The summed E-state index contributed by atoms with van der Waals surface area (Å²) in [4.78, 5) is 39.7. The summed E-state index contributed by atoms with van der Waals surface area (Å²) in [5.41, 5.74) is 0.746. The van der Waals surface area contributed by atoms with E-state index in [9.17, 15) is 14.4 Å². The third-order valence-electron chi connectivity index (χ3n) is 5.79. The van der Waals surface area contributed by atoms with E-state index in [-0.39, 0.29) is 41.2 Å². The summed E-state index contributed by atoms with van der Waals surface area (Å²) in [7, 11) is 0. The quantitative estimate of drug-likeness (QED) is 0.365.